The first-order valence-corrected chi connectivity index (χ1v) is 6.42. The highest BCUT2D eigenvalue weighted by atomic mass is 35.5. The summed E-state index contributed by atoms with van der Waals surface area (Å²) >= 11 is 5.81. The fraction of sp³-hybridized carbons (Fsp3) is 0.308. The highest BCUT2D eigenvalue weighted by Crippen LogP contribution is 2.09. The number of hydrogen-bond donors (Lipinski definition) is 1. The van der Waals surface area contributed by atoms with Crippen molar-refractivity contribution in [3.63, 3.8) is 0 Å². The van der Waals surface area contributed by atoms with Gasteiger partial charge < -0.3 is 4.90 Å². The number of likely N-dealkylation sites (tertiary alicyclic amines) is 1. The average molecular weight is 280 g/mol. The van der Waals surface area contributed by atoms with Gasteiger partial charge in [0, 0.05) is 18.1 Å². The van der Waals surface area contributed by atoms with Crippen molar-refractivity contribution in [2.24, 2.45) is 5.10 Å². The minimum absolute atomic E-state index is 0.527. The molecular formula is C13H14ClN3O2. The third-order valence-electron chi connectivity index (χ3n) is 2.82. The Bertz CT molecular complexity index is 510. The smallest absolute Gasteiger partial charge is 0.329 e. The summed E-state index contributed by atoms with van der Waals surface area (Å²) < 4.78 is 0. The van der Waals surface area contributed by atoms with Crippen LogP contribution in [0.5, 0.6) is 0 Å². The van der Waals surface area contributed by atoms with Gasteiger partial charge in [0.25, 0.3) is 0 Å². The monoisotopic (exact) mass is 279 g/mol. The lowest BCUT2D eigenvalue weighted by molar-refractivity contribution is -0.145. The molecule has 2 rings (SSSR count). The lowest BCUT2D eigenvalue weighted by Crippen LogP contribution is -2.39. The number of benzene rings is 1. The molecule has 2 amide bonds. The Morgan fingerprint density at radius 2 is 2.05 bits per heavy atom. The number of amides is 2. The topological polar surface area (TPSA) is 61.8 Å². The summed E-state index contributed by atoms with van der Waals surface area (Å²) in [6.45, 7) is 1.29. The predicted octanol–water partition coefficient (Wildman–Crippen LogP) is 1.41. The molecule has 0 bridgehead atoms. The summed E-state index contributed by atoms with van der Waals surface area (Å²) in [5, 5.41) is 4.33. The zero-order chi connectivity index (χ0) is 13.7. The molecular weight excluding hydrogens is 266 g/mol. The molecule has 1 aromatic carbocycles. The van der Waals surface area contributed by atoms with E-state index in [1.807, 2.05) is 0 Å². The molecule has 0 atom stereocenters. The normalized spacial score (nSPS) is 14.9. The fourth-order valence-electron chi connectivity index (χ4n) is 1.86. The van der Waals surface area contributed by atoms with Gasteiger partial charge in [0.1, 0.15) is 0 Å². The lowest BCUT2D eigenvalue weighted by atomic mass is 10.2. The van der Waals surface area contributed by atoms with Crippen LogP contribution < -0.4 is 5.43 Å². The van der Waals surface area contributed by atoms with E-state index in [1.165, 1.54) is 11.1 Å². The van der Waals surface area contributed by atoms with Gasteiger partial charge in [0.05, 0.1) is 6.21 Å². The van der Waals surface area contributed by atoms with Gasteiger partial charge in [-0.05, 0) is 30.5 Å². The predicted molar refractivity (Wildman–Crippen MR) is 73.0 cm³/mol. The quantitative estimate of drug-likeness (QED) is 0.505. The van der Waals surface area contributed by atoms with Gasteiger partial charge in [0.2, 0.25) is 0 Å². The molecule has 1 saturated heterocycles. The van der Waals surface area contributed by atoms with E-state index in [4.69, 9.17) is 11.6 Å². The number of carbonyl (C=O) groups is 2. The number of halogens is 1. The molecule has 1 aliphatic rings. The molecule has 0 aromatic heterocycles. The summed E-state index contributed by atoms with van der Waals surface area (Å²) in [6.07, 6.45) is 3.34. The first-order valence-electron chi connectivity index (χ1n) is 6.05. The van der Waals surface area contributed by atoms with Crippen LogP contribution >= 0.6 is 11.6 Å². The van der Waals surface area contributed by atoms with Gasteiger partial charge in [-0.2, -0.15) is 5.10 Å². The van der Waals surface area contributed by atoms with Gasteiger partial charge in [-0.15, -0.1) is 0 Å². The van der Waals surface area contributed by atoms with Gasteiger partial charge in [0.15, 0.2) is 0 Å². The zero-order valence-corrected chi connectivity index (χ0v) is 11.1. The third-order valence-corrected chi connectivity index (χ3v) is 3.05. The van der Waals surface area contributed by atoms with E-state index in [-0.39, 0.29) is 0 Å². The molecule has 1 aromatic rings. The first kappa shape index (κ1) is 13.5. The molecule has 5 nitrogen and oxygen atoms in total. The minimum atomic E-state index is -0.708. The van der Waals surface area contributed by atoms with Crippen LogP contribution in [-0.4, -0.2) is 36.0 Å². The summed E-state index contributed by atoms with van der Waals surface area (Å²) in [5.41, 5.74) is 2.97. The van der Waals surface area contributed by atoms with Crippen molar-refractivity contribution in [3.05, 3.63) is 34.9 Å². The van der Waals surface area contributed by atoms with Crippen molar-refractivity contribution >= 4 is 29.6 Å². The van der Waals surface area contributed by atoms with E-state index in [1.54, 1.807) is 24.3 Å². The van der Waals surface area contributed by atoms with Crippen LogP contribution in [0.2, 0.25) is 5.02 Å². The van der Waals surface area contributed by atoms with Gasteiger partial charge >= 0.3 is 11.8 Å². The molecule has 0 aliphatic carbocycles. The molecule has 1 aliphatic heterocycles. The maximum atomic E-state index is 11.7. The second kappa shape index (κ2) is 6.33. The number of hydrogen-bond acceptors (Lipinski definition) is 3. The lowest BCUT2D eigenvalue weighted by Gasteiger charge is -2.12. The number of nitrogens with zero attached hydrogens (tertiary/aromatic N) is 2. The maximum absolute atomic E-state index is 11.7. The Balaban J connectivity index is 1.87. The van der Waals surface area contributed by atoms with E-state index in [2.05, 4.69) is 10.5 Å². The Labute approximate surface area is 116 Å². The van der Waals surface area contributed by atoms with Crippen LogP contribution in [-0.2, 0) is 9.59 Å². The number of rotatable bonds is 2. The second-order valence-electron chi connectivity index (χ2n) is 4.25. The fourth-order valence-corrected chi connectivity index (χ4v) is 2.06. The Hall–Kier alpha value is -1.88. The van der Waals surface area contributed by atoms with E-state index in [9.17, 15) is 9.59 Å². The highest BCUT2D eigenvalue weighted by Gasteiger charge is 2.23. The number of hydrazone groups is 1. The first-order chi connectivity index (χ1) is 9.16. The van der Waals surface area contributed by atoms with Crippen molar-refractivity contribution in [2.45, 2.75) is 12.8 Å². The molecule has 100 valence electrons. The second-order valence-corrected chi connectivity index (χ2v) is 4.69. The van der Waals surface area contributed by atoms with Gasteiger partial charge in [-0.1, -0.05) is 23.7 Å². The summed E-state index contributed by atoms with van der Waals surface area (Å²) in [4.78, 5) is 24.7. The van der Waals surface area contributed by atoms with E-state index >= 15 is 0 Å². The molecule has 1 fully saturated rings. The summed E-state index contributed by atoms with van der Waals surface area (Å²) in [7, 11) is 0. The minimum Gasteiger partial charge on any atom is -0.334 e. The van der Waals surface area contributed by atoms with E-state index < -0.39 is 11.8 Å². The van der Waals surface area contributed by atoms with Crippen LogP contribution in [0, 0.1) is 0 Å². The third kappa shape index (κ3) is 3.79. The van der Waals surface area contributed by atoms with Gasteiger partial charge in [-0.25, -0.2) is 5.43 Å². The molecule has 1 N–H and O–H groups in total. The van der Waals surface area contributed by atoms with Crippen LogP contribution in [0.1, 0.15) is 18.4 Å². The molecule has 6 heteroatoms. The molecule has 0 unspecified atom stereocenters. The SMILES string of the molecule is O=C(N/N=C\c1cccc(Cl)c1)C(=O)N1CCCC1. The largest absolute Gasteiger partial charge is 0.334 e. The Morgan fingerprint density at radius 1 is 1.32 bits per heavy atom. The van der Waals surface area contributed by atoms with E-state index in [0.29, 0.717) is 18.1 Å². The Kier molecular flexibility index (Phi) is 4.52. The van der Waals surface area contributed by atoms with Gasteiger partial charge in [-0.3, -0.25) is 9.59 Å². The molecule has 19 heavy (non-hydrogen) atoms. The number of carbonyl (C=O) groups excluding carboxylic acids is 2. The zero-order valence-electron chi connectivity index (χ0n) is 10.3. The average Bonchev–Trinajstić information content (AvgIpc) is 2.91. The standard InChI is InChI=1S/C13H14ClN3O2/c14-11-5-3-4-10(8-11)9-15-16-12(18)13(19)17-6-1-2-7-17/h3-5,8-9H,1-2,6-7H2,(H,16,18)/b15-9-. The number of nitrogens with one attached hydrogen (secondary N) is 1. The highest BCUT2D eigenvalue weighted by molar-refractivity contribution is 6.35. The molecule has 0 radical (unpaired) electrons. The molecule has 0 spiro atoms. The van der Waals surface area contributed by atoms with Crippen molar-refractivity contribution < 1.29 is 9.59 Å². The van der Waals surface area contributed by atoms with Crippen LogP contribution in [0.25, 0.3) is 0 Å². The van der Waals surface area contributed by atoms with Crippen molar-refractivity contribution in [1.82, 2.24) is 10.3 Å². The van der Waals surface area contributed by atoms with Crippen LogP contribution in [0.15, 0.2) is 29.4 Å². The molecule has 1 heterocycles. The Morgan fingerprint density at radius 3 is 2.74 bits per heavy atom. The summed E-state index contributed by atoms with van der Waals surface area (Å²) in [6, 6.07) is 7.03. The van der Waals surface area contributed by atoms with Crippen LogP contribution in [0.4, 0.5) is 0 Å². The molecule has 0 saturated carbocycles. The van der Waals surface area contributed by atoms with Crippen molar-refractivity contribution in [1.29, 1.82) is 0 Å². The van der Waals surface area contributed by atoms with E-state index in [0.717, 1.165) is 18.4 Å². The maximum Gasteiger partial charge on any atom is 0.329 e. The van der Waals surface area contributed by atoms with Crippen molar-refractivity contribution in [2.75, 3.05) is 13.1 Å². The van der Waals surface area contributed by atoms with Crippen LogP contribution in [0.3, 0.4) is 0 Å². The van der Waals surface area contributed by atoms with Crippen molar-refractivity contribution in [3.8, 4) is 0 Å². The summed E-state index contributed by atoms with van der Waals surface area (Å²) in [5.74, 6) is -1.24.